The number of benzene rings is 1. The lowest BCUT2D eigenvalue weighted by molar-refractivity contribution is 0.306. The highest BCUT2D eigenvalue weighted by molar-refractivity contribution is 5.32. The van der Waals surface area contributed by atoms with Crippen LogP contribution in [0, 0.1) is 12.7 Å². The predicted molar refractivity (Wildman–Crippen MR) is 68.1 cm³/mol. The Morgan fingerprint density at radius 3 is 2.71 bits per heavy atom. The average molecular weight is 240 g/mol. The lowest BCUT2D eigenvalue weighted by Gasteiger charge is -2.12. The number of rotatable bonds is 7. The smallest absolute Gasteiger partial charge is 0.123 e. The fourth-order valence-electron chi connectivity index (χ4n) is 1.44. The minimum Gasteiger partial charge on any atom is -0.492 e. The van der Waals surface area contributed by atoms with Gasteiger partial charge in [-0.05, 0) is 44.8 Å². The van der Waals surface area contributed by atoms with Gasteiger partial charge in [0.25, 0.3) is 0 Å². The van der Waals surface area contributed by atoms with Gasteiger partial charge in [-0.25, -0.2) is 4.39 Å². The Morgan fingerprint density at radius 1 is 1.29 bits per heavy atom. The van der Waals surface area contributed by atoms with Crippen molar-refractivity contribution in [1.29, 1.82) is 0 Å². The van der Waals surface area contributed by atoms with Crippen molar-refractivity contribution in [2.24, 2.45) is 0 Å². The van der Waals surface area contributed by atoms with Crippen molar-refractivity contribution in [2.75, 3.05) is 40.3 Å². The standard InChI is InChI=1S/C13H21FN2O/c1-11-10-12(14)4-5-13(11)17-9-7-15-6-8-16(2)3/h4-5,10,15H,6-9H2,1-3H3. The first-order valence-electron chi connectivity index (χ1n) is 5.84. The lowest BCUT2D eigenvalue weighted by Crippen LogP contribution is -2.29. The van der Waals surface area contributed by atoms with E-state index >= 15 is 0 Å². The van der Waals surface area contributed by atoms with Gasteiger partial charge in [0.05, 0.1) is 0 Å². The number of halogens is 1. The molecule has 0 atom stereocenters. The number of nitrogens with one attached hydrogen (secondary N) is 1. The third-order valence-corrected chi connectivity index (χ3v) is 2.41. The van der Waals surface area contributed by atoms with Crippen LogP contribution < -0.4 is 10.1 Å². The van der Waals surface area contributed by atoms with Crippen LogP contribution in [0.25, 0.3) is 0 Å². The topological polar surface area (TPSA) is 24.5 Å². The highest BCUT2D eigenvalue weighted by Crippen LogP contribution is 2.17. The molecule has 0 aliphatic carbocycles. The van der Waals surface area contributed by atoms with Crippen molar-refractivity contribution in [3.63, 3.8) is 0 Å². The van der Waals surface area contributed by atoms with Gasteiger partial charge in [0.2, 0.25) is 0 Å². The number of aryl methyl sites for hydroxylation is 1. The molecule has 0 saturated heterocycles. The molecule has 4 heteroatoms. The molecule has 0 radical (unpaired) electrons. The maximum atomic E-state index is 12.8. The summed E-state index contributed by atoms with van der Waals surface area (Å²) in [5.74, 6) is 0.528. The fraction of sp³-hybridized carbons (Fsp3) is 0.538. The van der Waals surface area contributed by atoms with Crippen LogP contribution in [0.15, 0.2) is 18.2 Å². The Labute approximate surface area is 103 Å². The van der Waals surface area contributed by atoms with E-state index in [-0.39, 0.29) is 5.82 Å². The van der Waals surface area contributed by atoms with Crippen LogP contribution in [0.4, 0.5) is 4.39 Å². The summed E-state index contributed by atoms with van der Waals surface area (Å²) in [5.41, 5.74) is 0.832. The van der Waals surface area contributed by atoms with Crippen molar-refractivity contribution < 1.29 is 9.13 Å². The van der Waals surface area contributed by atoms with Crippen LogP contribution in [0.1, 0.15) is 5.56 Å². The highest BCUT2D eigenvalue weighted by Gasteiger charge is 2.00. The van der Waals surface area contributed by atoms with E-state index in [0.29, 0.717) is 6.61 Å². The molecule has 1 rings (SSSR count). The molecule has 1 N–H and O–H groups in total. The second kappa shape index (κ2) is 7.25. The van der Waals surface area contributed by atoms with Gasteiger partial charge in [0.15, 0.2) is 0 Å². The Morgan fingerprint density at radius 2 is 2.06 bits per heavy atom. The molecule has 0 bridgehead atoms. The van der Waals surface area contributed by atoms with Crippen molar-refractivity contribution in [2.45, 2.75) is 6.92 Å². The van der Waals surface area contributed by atoms with E-state index in [2.05, 4.69) is 10.2 Å². The van der Waals surface area contributed by atoms with E-state index in [4.69, 9.17) is 4.74 Å². The molecule has 0 unspecified atom stereocenters. The third-order valence-electron chi connectivity index (χ3n) is 2.41. The molecule has 0 aliphatic heterocycles. The van der Waals surface area contributed by atoms with E-state index in [1.165, 1.54) is 12.1 Å². The largest absolute Gasteiger partial charge is 0.492 e. The van der Waals surface area contributed by atoms with Gasteiger partial charge < -0.3 is 15.0 Å². The third kappa shape index (κ3) is 5.65. The van der Waals surface area contributed by atoms with E-state index in [0.717, 1.165) is 30.9 Å². The lowest BCUT2D eigenvalue weighted by atomic mass is 10.2. The molecule has 96 valence electrons. The Balaban J connectivity index is 2.18. The second-order valence-corrected chi connectivity index (χ2v) is 4.31. The van der Waals surface area contributed by atoms with Gasteiger partial charge in [0, 0.05) is 19.6 Å². The van der Waals surface area contributed by atoms with E-state index in [1.807, 2.05) is 21.0 Å². The summed E-state index contributed by atoms with van der Waals surface area (Å²) in [6, 6.07) is 4.57. The Hall–Kier alpha value is -1.13. The Kier molecular flexibility index (Phi) is 5.94. The monoisotopic (exact) mass is 240 g/mol. The fourth-order valence-corrected chi connectivity index (χ4v) is 1.44. The van der Waals surface area contributed by atoms with E-state index in [9.17, 15) is 4.39 Å². The summed E-state index contributed by atoms with van der Waals surface area (Å²) < 4.78 is 18.4. The van der Waals surface area contributed by atoms with Gasteiger partial charge in [-0.3, -0.25) is 0 Å². The molecule has 3 nitrogen and oxygen atoms in total. The van der Waals surface area contributed by atoms with Crippen molar-refractivity contribution in [1.82, 2.24) is 10.2 Å². The maximum absolute atomic E-state index is 12.8. The minimum atomic E-state index is -0.223. The number of ether oxygens (including phenoxy) is 1. The van der Waals surface area contributed by atoms with Crippen LogP contribution in [0.2, 0.25) is 0 Å². The molecule has 0 fully saturated rings. The van der Waals surface area contributed by atoms with Crippen LogP contribution in [0.5, 0.6) is 5.75 Å². The maximum Gasteiger partial charge on any atom is 0.123 e. The van der Waals surface area contributed by atoms with Gasteiger partial charge >= 0.3 is 0 Å². The summed E-state index contributed by atoms with van der Waals surface area (Å²) in [7, 11) is 4.08. The number of nitrogens with zero attached hydrogens (tertiary/aromatic N) is 1. The van der Waals surface area contributed by atoms with Crippen LogP contribution in [0.3, 0.4) is 0 Å². The number of hydrogen-bond donors (Lipinski definition) is 1. The summed E-state index contributed by atoms with van der Waals surface area (Å²) in [6.07, 6.45) is 0. The molecule has 0 spiro atoms. The normalized spacial score (nSPS) is 10.9. The van der Waals surface area contributed by atoms with Gasteiger partial charge in [0.1, 0.15) is 18.2 Å². The second-order valence-electron chi connectivity index (χ2n) is 4.31. The van der Waals surface area contributed by atoms with Gasteiger partial charge in [-0.2, -0.15) is 0 Å². The number of hydrogen-bond acceptors (Lipinski definition) is 3. The van der Waals surface area contributed by atoms with Crippen molar-refractivity contribution in [3.05, 3.63) is 29.6 Å². The van der Waals surface area contributed by atoms with Gasteiger partial charge in [-0.1, -0.05) is 0 Å². The molecule has 17 heavy (non-hydrogen) atoms. The molecule has 1 aromatic rings. The molecular formula is C13H21FN2O. The summed E-state index contributed by atoms with van der Waals surface area (Å²) in [6.45, 7) is 5.19. The van der Waals surface area contributed by atoms with Crippen LogP contribution in [-0.2, 0) is 0 Å². The van der Waals surface area contributed by atoms with Crippen LogP contribution >= 0.6 is 0 Å². The predicted octanol–water partition coefficient (Wildman–Crippen LogP) is 1.66. The number of likely N-dealkylation sites (N-methyl/N-ethyl adjacent to an activating group) is 1. The molecule has 0 saturated carbocycles. The van der Waals surface area contributed by atoms with Gasteiger partial charge in [-0.15, -0.1) is 0 Å². The quantitative estimate of drug-likeness (QED) is 0.734. The molecule has 0 aliphatic rings. The molecule has 0 aromatic heterocycles. The zero-order valence-corrected chi connectivity index (χ0v) is 10.8. The highest BCUT2D eigenvalue weighted by atomic mass is 19.1. The summed E-state index contributed by atoms with van der Waals surface area (Å²) in [4.78, 5) is 2.12. The minimum absolute atomic E-state index is 0.223. The average Bonchev–Trinajstić information content (AvgIpc) is 2.25. The van der Waals surface area contributed by atoms with Crippen molar-refractivity contribution in [3.8, 4) is 5.75 Å². The van der Waals surface area contributed by atoms with Crippen LogP contribution in [-0.4, -0.2) is 45.2 Å². The summed E-state index contributed by atoms with van der Waals surface area (Å²) in [5, 5.41) is 3.28. The Bertz CT molecular complexity index is 342. The molecule has 0 heterocycles. The first-order valence-corrected chi connectivity index (χ1v) is 5.84. The molecular weight excluding hydrogens is 219 g/mol. The molecule has 1 aromatic carbocycles. The molecule has 0 amide bonds. The van der Waals surface area contributed by atoms with E-state index < -0.39 is 0 Å². The zero-order valence-electron chi connectivity index (χ0n) is 10.8. The first-order chi connectivity index (χ1) is 8.09. The zero-order chi connectivity index (χ0) is 12.7. The first kappa shape index (κ1) is 13.9. The van der Waals surface area contributed by atoms with Crippen molar-refractivity contribution >= 4 is 0 Å². The SMILES string of the molecule is Cc1cc(F)ccc1OCCNCCN(C)C. The van der Waals surface area contributed by atoms with E-state index in [1.54, 1.807) is 6.07 Å². The summed E-state index contributed by atoms with van der Waals surface area (Å²) >= 11 is 0.